The predicted octanol–water partition coefficient (Wildman–Crippen LogP) is 3.99. The first kappa shape index (κ1) is 16.8. The van der Waals surface area contributed by atoms with Crippen LogP contribution in [0.25, 0.3) is 0 Å². The zero-order valence-electron chi connectivity index (χ0n) is 12.6. The Hall–Kier alpha value is -1.05. The largest absolute Gasteiger partial charge is 0.436 e. The lowest BCUT2D eigenvalue weighted by molar-refractivity contribution is -0.142. The van der Waals surface area contributed by atoms with E-state index in [0.717, 1.165) is 38.5 Å². The summed E-state index contributed by atoms with van der Waals surface area (Å²) in [7, 11) is 0. The second kappa shape index (κ2) is 6.45. The van der Waals surface area contributed by atoms with Gasteiger partial charge in [-0.15, -0.1) is 0 Å². The van der Waals surface area contributed by atoms with Crippen molar-refractivity contribution in [1.29, 1.82) is 0 Å². The first-order chi connectivity index (χ1) is 10.9. The van der Waals surface area contributed by atoms with Gasteiger partial charge in [0.25, 0.3) is 0 Å². The summed E-state index contributed by atoms with van der Waals surface area (Å²) in [5.74, 6) is -0.196. The van der Waals surface area contributed by atoms with Crippen LogP contribution in [0.3, 0.4) is 0 Å². The van der Waals surface area contributed by atoms with Gasteiger partial charge in [-0.1, -0.05) is 19.3 Å². The molecule has 0 radical (unpaired) electrons. The molecule has 1 aromatic rings. The molecule has 0 aliphatic heterocycles. The molecule has 3 rings (SSSR count). The quantitative estimate of drug-likeness (QED) is 0.840. The van der Waals surface area contributed by atoms with Crippen LogP contribution in [-0.2, 0) is 17.5 Å². The third-order valence-electron chi connectivity index (χ3n) is 4.43. The zero-order chi connectivity index (χ0) is 16.6. The number of alkyl halides is 3. The van der Waals surface area contributed by atoms with Crippen molar-refractivity contribution in [2.75, 3.05) is 0 Å². The summed E-state index contributed by atoms with van der Waals surface area (Å²) in [6.45, 7) is -0.156. The van der Waals surface area contributed by atoms with E-state index in [4.69, 9.17) is 0 Å². The average molecular weight is 394 g/mol. The minimum atomic E-state index is -4.52. The van der Waals surface area contributed by atoms with Crippen LogP contribution < -0.4 is 5.32 Å². The number of carbonyl (C=O) groups excluding carboxylic acids is 1. The molecule has 2 aliphatic rings. The summed E-state index contributed by atoms with van der Waals surface area (Å²) >= 11 is 3.03. The minimum Gasteiger partial charge on any atom is -0.352 e. The Labute approximate surface area is 140 Å². The highest BCUT2D eigenvalue weighted by Gasteiger charge is 2.42. The summed E-state index contributed by atoms with van der Waals surface area (Å²) < 4.78 is 40.3. The third kappa shape index (κ3) is 3.89. The lowest BCUT2D eigenvalue weighted by Crippen LogP contribution is -2.38. The normalized spacial score (nSPS) is 19.8. The number of hydrogen-bond donors (Lipinski definition) is 1. The van der Waals surface area contributed by atoms with Gasteiger partial charge in [-0.05, 0) is 41.6 Å². The SMILES string of the molecule is O=C(Cn1nc(C(F)(F)F)c(Br)c1C1CC1)NC1CCCCC1. The molecule has 1 amide bonds. The number of carbonyl (C=O) groups is 1. The Bertz CT molecular complexity index is 590. The highest BCUT2D eigenvalue weighted by atomic mass is 79.9. The summed E-state index contributed by atoms with van der Waals surface area (Å²) in [5, 5.41) is 6.58. The summed E-state index contributed by atoms with van der Waals surface area (Å²) in [4.78, 5) is 12.2. The monoisotopic (exact) mass is 393 g/mol. The molecule has 4 nitrogen and oxygen atoms in total. The Kier molecular flexibility index (Phi) is 4.71. The molecule has 0 spiro atoms. The highest BCUT2D eigenvalue weighted by Crippen LogP contribution is 2.46. The maximum Gasteiger partial charge on any atom is 0.436 e. The predicted molar refractivity (Wildman–Crippen MR) is 81.9 cm³/mol. The molecule has 2 aliphatic carbocycles. The van der Waals surface area contributed by atoms with Crippen LogP contribution >= 0.6 is 15.9 Å². The molecule has 0 aromatic carbocycles. The van der Waals surface area contributed by atoms with Crippen molar-refractivity contribution in [1.82, 2.24) is 15.1 Å². The molecule has 128 valence electrons. The van der Waals surface area contributed by atoms with Crippen LogP contribution in [0.4, 0.5) is 13.2 Å². The molecule has 1 aromatic heterocycles. The minimum absolute atomic E-state index is 0.0158. The van der Waals surface area contributed by atoms with E-state index >= 15 is 0 Å². The number of nitrogens with one attached hydrogen (secondary N) is 1. The molecule has 1 heterocycles. The van der Waals surface area contributed by atoms with Crippen molar-refractivity contribution in [2.45, 2.75) is 69.6 Å². The topological polar surface area (TPSA) is 46.9 Å². The molecule has 0 unspecified atom stereocenters. The smallest absolute Gasteiger partial charge is 0.352 e. The number of halogens is 4. The molecule has 23 heavy (non-hydrogen) atoms. The first-order valence-electron chi connectivity index (χ1n) is 7.99. The lowest BCUT2D eigenvalue weighted by Gasteiger charge is -2.22. The fourth-order valence-electron chi connectivity index (χ4n) is 3.16. The maximum absolute atomic E-state index is 13.0. The van der Waals surface area contributed by atoms with Crippen molar-refractivity contribution in [3.8, 4) is 0 Å². The number of nitrogens with zero attached hydrogens (tertiary/aromatic N) is 2. The van der Waals surface area contributed by atoms with Gasteiger partial charge in [0.2, 0.25) is 5.91 Å². The number of hydrogen-bond acceptors (Lipinski definition) is 2. The van der Waals surface area contributed by atoms with Gasteiger partial charge in [0.05, 0.1) is 10.2 Å². The Morgan fingerprint density at radius 2 is 1.87 bits per heavy atom. The van der Waals surface area contributed by atoms with E-state index in [0.29, 0.717) is 5.69 Å². The Morgan fingerprint density at radius 1 is 1.22 bits per heavy atom. The zero-order valence-corrected chi connectivity index (χ0v) is 14.2. The molecule has 2 fully saturated rings. The molecule has 8 heteroatoms. The van der Waals surface area contributed by atoms with E-state index in [9.17, 15) is 18.0 Å². The van der Waals surface area contributed by atoms with Crippen LogP contribution in [0.2, 0.25) is 0 Å². The van der Waals surface area contributed by atoms with Crippen LogP contribution in [0.1, 0.15) is 62.3 Å². The van der Waals surface area contributed by atoms with Crippen molar-refractivity contribution in [3.05, 3.63) is 15.9 Å². The lowest BCUT2D eigenvalue weighted by atomic mass is 9.95. The number of rotatable bonds is 4. The van der Waals surface area contributed by atoms with Crippen LogP contribution in [-0.4, -0.2) is 21.7 Å². The molecule has 0 atom stereocenters. The standard InChI is InChI=1S/C15H19BrF3N3O/c16-12-13(9-6-7-9)22(21-14(12)15(17,18)19)8-11(23)20-10-4-2-1-3-5-10/h9-10H,1-8H2,(H,20,23). The van der Waals surface area contributed by atoms with Gasteiger partial charge < -0.3 is 5.32 Å². The first-order valence-corrected chi connectivity index (χ1v) is 8.78. The molecule has 0 saturated heterocycles. The van der Waals surface area contributed by atoms with E-state index in [1.54, 1.807) is 0 Å². The van der Waals surface area contributed by atoms with Crippen molar-refractivity contribution in [3.63, 3.8) is 0 Å². The van der Waals surface area contributed by atoms with Crippen LogP contribution in [0.5, 0.6) is 0 Å². The summed E-state index contributed by atoms with van der Waals surface area (Å²) in [6.07, 6.45) is 2.40. The van der Waals surface area contributed by atoms with Crippen molar-refractivity contribution >= 4 is 21.8 Å². The van der Waals surface area contributed by atoms with Gasteiger partial charge in [0.15, 0.2) is 5.69 Å². The molecule has 1 N–H and O–H groups in total. The molecular formula is C15H19BrF3N3O. The van der Waals surface area contributed by atoms with Gasteiger partial charge >= 0.3 is 6.18 Å². The van der Waals surface area contributed by atoms with Gasteiger partial charge in [-0.25, -0.2) is 0 Å². The molecule has 0 bridgehead atoms. The fraction of sp³-hybridized carbons (Fsp3) is 0.733. The highest BCUT2D eigenvalue weighted by molar-refractivity contribution is 9.10. The van der Waals surface area contributed by atoms with Gasteiger partial charge in [0.1, 0.15) is 6.54 Å². The van der Waals surface area contributed by atoms with Crippen molar-refractivity contribution < 1.29 is 18.0 Å². The Morgan fingerprint density at radius 3 is 2.43 bits per heavy atom. The van der Waals surface area contributed by atoms with E-state index < -0.39 is 11.9 Å². The van der Waals surface area contributed by atoms with E-state index in [1.165, 1.54) is 11.1 Å². The summed E-state index contributed by atoms with van der Waals surface area (Å²) in [5.41, 5.74) is -0.444. The summed E-state index contributed by atoms with van der Waals surface area (Å²) in [6, 6.07) is 0.140. The maximum atomic E-state index is 13.0. The average Bonchev–Trinajstić information content (AvgIpc) is 3.24. The molecule has 2 saturated carbocycles. The second-order valence-corrected chi connectivity index (χ2v) is 7.17. The fourth-order valence-corrected chi connectivity index (χ4v) is 3.99. The van der Waals surface area contributed by atoms with Crippen LogP contribution in [0, 0.1) is 0 Å². The van der Waals surface area contributed by atoms with E-state index in [2.05, 4.69) is 26.3 Å². The van der Waals surface area contributed by atoms with Gasteiger partial charge in [-0.3, -0.25) is 9.48 Å². The van der Waals surface area contributed by atoms with Crippen LogP contribution in [0.15, 0.2) is 4.47 Å². The third-order valence-corrected chi connectivity index (χ3v) is 5.21. The second-order valence-electron chi connectivity index (χ2n) is 6.38. The number of amides is 1. The number of aromatic nitrogens is 2. The Balaban J connectivity index is 1.75. The van der Waals surface area contributed by atoms with Crippen molar-refractivity contribution in [2.24, 2.45) is 0 Å². The van der Waals surface area contributed by atoms with E-state index in [1.807, 2.05) is 0 Å². The van der Waals surface area contributed by atoms with E-state index in [-0.39, 0.29) is 28.9 Å². The van der Waals surface area contributed by atoms with Gasteiger partial charge in [-0.2, -0.15) is 18.3 Å². The van der Waals surface area contributed by atoms with Gasteiger partial charge in [0, 0.05) is 12.0 Å². The molecular weight excluding hydrogens is 375 g/mol.